The van der Waals surface area contributed by atoms with Gasteiger partial charge in [-0.2, -0.15) is 0 Å². The summed E-state index contributed by atoms with van der Waals surface area (Å²) >= 11 is 0. The molecule has 65 heavy (non-hydrogen) atoms. The van der Waals surface area contributed by atoms with E-state index in [2.05, 4.69) is 62.5 Å². The Kier molecular flexibility index (Phi) is 45.8. The highest BCUT2D eigenvalue weighted by Gasteiger charge is 2.31. The first-order valence-corrected chi connectivity index (χ1v) is 27.2. The number of nitrogens with zero attached hydrogens (tertiary/aromatic N) is 1. The molecule has 2 atom stereocenters. The van der Waals surface area contributed by atoms with Crippen LogP contribution in [0.4, 0.5) is 0 Å². The number of carbonyl (C=O) groups excluding carboxylic acids is 2. The molecule has 0 aromatic rings. The minimum absolute atomic E-state index is 0.0510. The van der Waals surface area contributed by atoms with Gasteiger partial charge >= 0.3 is 17.9 Å². The number of quaternary nitrogens is 1. The second-order valence-electron chi connectivity index (χ2n) is 19.5. The molecule has 0 aliphatic carbocycles. The van der Waals surface area contributed by atoms with Crippen LogP contribution >= 0.6 is 0 Å². The number of hydrogen-bond donors (Lipinski definition) is 1. The molecule has 2 unspecified atom stereocenters. The number of ether oxygens (including phenoxy) is 3. The average Bonchev–Trinajstić information content (AvgIpc) is 3.27. The number of allylic oxidation sites excluding steroid dienone is 8. The van der Waals surface area contributed by atoms with Gasteiger partial charge in [0.2, 0.25) is 0 Å². The molecule has 0 spiro atoms. The Labute approximate surface area is 401 Å². The Balaban J connectivity index is 4.19. The van der Waals surface area contributed by atoms with Gasteiger partial charge in [-0.1, -0.05) is 210 Å². The van der Waals surface area contributed by atoms with Crippen LogP contribution in [-0.2, 0) is 28.6 Å². The average molecular weight is 915 g/mol. The molecule has 0 saturated carbocycles. The Morgan fingerprint density at radius 2 is 0.908 bits per heavy atom. The summed E-state index contributed by atoms with van der Waals surface area (Å²) in [5, 5.41) is 9.67. The maximum absolute atomic E-state index is 12.8. The van der Waals surface area contributed by atoms with Crippen molar-refractivity contribution in [2.24, 2.45) is 0 Å². The van der Waals surface area contributed by atoms with Crippen LogP contribution in [0.1, 0.15) is 245 Å². The smallest absolute Gasteiger partial charge is 0.362 e. The second kappa shape index (κ2) is 47.8. The van der Waals surface area contributed by atoms with E-state index in [1.165, 1.54) is 161 Å². The van der Waals surface area contributed by atoms with Crippen molar-refractivity contribution in [1.82, 2.24) is 0 Å². The molecular formula is C57H104NO7+. The van der Waals surface area contributed by atoms with Crippen molar-refractivity contribution in [2.75, 3.05) is 41.0 Å². The van der Waals surface area contributed by atoms with Crippen LogP contribution in [-0.4, -0.2) is 80.6 Å². The molecule has 0 bridgehead atoms. The van der Waals surface area contributed by atoms with Crippen molar-refractivity contribution < 1.29 is 38.2 Å². The van der Waals surface area contributed by atoms with Gasteiger partial charge in [-0.05, 0) is 64.2 Å². The van der Waals surface area contributed by atoms with Crippen LogP contribution in [0, 0.1) is 0 Å². The Morgan fingerprint density at radius 3 is 1.35 bits per heavy atom. The molecule has 0 aromatic carbocycles. The third-order valence-corrected chi connectivity index (χ3v) is 12.2. The zero-order valence-electron chi connectivity index (χ0n) is 43.2. The summed E-state index contributed by atoms with van der Waals surface area (Å²) in [6.07, 6.45) is 58.8. The molecule has 0 rings (SSSR count). The zero-order valence-corrected chi connectivity index (χ0v) is 43.2. The zero-order chi connectivity index (χ0) is 47.7. The first-order chi connectivity index (χ1) is 31.6. The van der Waals surface area contributed by atoms with E-state index >= 15 is 0 Å². The summed E-state index contributed by atoms with van der Waals surface area (Å²) in [6, 6.07) is -0.616. The Morgan fingerprint density at radius 1 is 0.492 bits per heavy atom. The number of aliphatic carboxylic acids is 1. The van der Waals surface area contributed by atoms with Crippen molar-refractivity contribution in [3.8, 4) is 0 Å². The van der Waals surface area contributed by atoms with E-state index in [1.54, 1.807) is 0 Å². The fourth-order valence-electron chi connectivity index (χ4n) is 8.06. The summed E-state index contributed by atoms with van der Waals surface area (Å²) in [5.41, 5.74) is 0. The third kappa shape index (κ3) is 46.2. The number of hydrogen-bond acceptors (Lipinski definition) is 6. The molecule has 0 aliphatic heterocycles. The van der Waals surface area contributed by atoms with Gasteiger partial charge in [0.25, 0.3) is 0 Å². The first kappa shape index (κ1) is 62.3. The van der Waals surface area contributed by atoms with E-state index in [9.17, 15) is 19.5 Å². The molecule has 8 nitrogen and oxygen atoms in total. The molecule has 0 amide bonds. The lowest BCUT2D eigenvalue weighted by molar-refractivity contribution is -0.887. The topological polar surface area (TPSA) is 99.1 Å². The van der Waals surface area contributed by atoms with E-state index in [4.69, 9.17) is 14.2 Å². The normalized spacial score (nSPS) is 13.2. The second-order valence-corrected chi connectivity index (χ2v) is 19.5. The van der Waals surface area contributed by atoms with Crippen LogP contribution < -0.4 is 0 Å². The molecule has 1 N–H and O–H groups in total. The predicted octanol–water partition coefficient (Wildman–Crippen LogP) is 15.9. The summed E-state index contributed by atoms with van der Waals surface area (Å²) in [5.74, 6) is -1.46. The van der Waals surface area contributed by atoms with Crippen LogP contribution in [0.3, 0.4) is 0 Å². The SMILES string of the molecule is CC/C=C/C/C=C/CCCCCCCCCCCCCCCCC(=O)OCC(COCCC(C(=O)O)[N+](C)(C)C)OC(=O)CCCCCCCCCCCC/C=C/C=C/CCCCCC. The lowest BCUT2D eigenvalue weighted by Gasteiger charge is -2.31. The summed E-state index contributed by atoms with van der Waals surface area (Å²) in [4.78, 5) is 37.2. The molecule has 0 aromatic heterocycles. The quantitative estimate of drug-likeness (QED) is 0.0213. The number of unbranched alkanes of at least 4 members (excludes halogenated alkanes) is 28. The molecule has 0 radical (unpaired) electrons. The predicted molar refractivity (Wildman–Crippen MR) is 275 cm³/mol. The Bertz CT molecular complexity index is 1200. The van der Waals surface area contributed by atoms with Gasteiger partial charge in [0.15, 0.2) is 12.1 Å². The van der Waals surface area contributed by atoms with Gasteiger partial charge in [-0.3, -0.25) is 9.59 Å². The van der Waals surface area contributed by atoms with Crippen molar-refractivity contribution in [2.45, 2.75) is 257 Å². The van der Waals surface area contributed by atoms with E-state index in [1.807, 2.05) is 21.1 Å². The largest absolute Gasteiger partial charge is 0.477 e. The third-order valence-electron chi connectivity index (χ3n) is 12.2. The molecular weight excluding hydrogens is 811 g/mol. The van der Waals surface area contributed by atoms with Crippen LogP contribution in [0.2, 0.25) is 0 Å². The van der Waals surface area contributed by atoms with Crippen LogP contribution in [0.5, 0.6) is 0 Å². The molecule has 0 heterocycles. The van der Waals surface area contributed by atoms with Crippen molar-refractivity contribution >= 4 is 17.9 Å². The minimum atomic E-state index is -0.874. The van der Waals surface area contributed by atoms with Gasteiger partial charge in [-0.15, -0.1) is 0 Å². The van der Waals surface area contributed by atoms with Crippen molar-refractivity contribution in [3.05, 3.63) is 48.6 Å². The van der Waals surface area contributed by atoms with Crippen molar-refractivity contribution in [1.29, 1.82) is 0 Å². The van der Waals surface area contributed by atoms with Gasteiger partial charge < -0.3 is 23.8 Å². The summed E-state index contributed by atoms with van der Waals surface area (Å²) < 4.78 is 17.4. The number of carboxylic acid groups (broad SMARTS) is 1. The highest BCUT2D eigenvalue weighted by molar-refractivity contribution is 5.72. The van der Waals surface area contributed by atoms with Gasteiger partial charge in [-0.25, -0.2) is 4.79 Å². The fraction of sp³-hybridized carbons (Fsp3) is 0.807. The first-order valence-electron chi connectivity index (χ1n) is 27.2. The van der Waals surface area contributed by atoms with Crippen LogP contribution in [0.25, 0.3) is 0 Å². The van der Waals surface area contributed by atoms with E-state index < -0.39 is 18.1 Å². The highest BCUT2D eigenvalue weighted by atomic mass is 16.6. The molecule has 0 saturated heterocycles. The van der Waals surface area contributed by atoms with Crippen molar-refractivity contribution in [3.63, 3.8) is 0 Å². The lowest BCUT2D eigenvalue weighted by Crippen LogP contribution is -2.50. The highest BCUT2D eigenvalue weighted by Crippen LogP contribution is 2.16. The monoisotopic (exact) mass is 915 g/mol. The summed E-state index contributed by atoms with van der Waals surface area (Å²) in [7, 11) is 5.54. The Hall–Kier alpha value is -2.71. The summed E-state index contributed by atoms with van der Waals surface area (Å²) in [6.45, 7) is 4.65. The molecule has 8 heteroatoms. The molecule has 378 valence electrons. The van der Waals surface area contributed by atoms with Gasteiger partial charge in [0.1, 0.15) is 6.61 Å². The van der Waals surface area contributed by atoms with Gasteiger partial charge in [0, 0.05) is 19.3 Å². The number of rotatable bonds is 49. The maximum atomic E-state index is 12.8. The number of carbonyl (C=O) groups is 3. The maximum Gasteiger partial charge on any atom is 0.362 e. The van der Waals surface area contributed by atoms with E-state index in [-0.39, 0.29) is 36.2 Å². The van der Waals surface area contributed by atoms with Gasteiger partial charge in [0.05, 0.1) is 34.4 Å². The standard InChI is InChI=1S/C57H103NO7/c1-6-8-10-12-14-16-18-20-22-24-26-28-30-31-33-35-37-39-41-43-45-47-55(59)64-52-53(51-63-50-49-54(57(61)62)58(3,4)5)65-56(60)48-46-44-42-40-38-36-34-32-29-27-25-23-21-19-17-15-13-11-9-7-2/h8,10,14,16-17,19,21,23,53-54H,6-7,9,11-13,15,18,20,22,24-52H2,1-5H3/p+1/b10-8+,16-14+,19-17+,23-21+. The van der Waals surface area contributed by atoms with E-state index in [0.717, 1.165) is 51.4 Å². The number of esters is 2. The number of carboxylic acids is 1. The molecule has 0 fully saturated rings. The lowest BCUT2D eigenvalue weighted by atomic mass is 10.0. The fourth-order valence-corrected chi connectivity index (χ4v) is 8.06. The number of likely N-dealkylation sites (N-methyl/N-ethyl adjacent to an activating group) is 1. The minimum Gasteiger partial charge on any atom is -0.477 e. The van der Waals surface area contributed by atoms with E-state index in [0.29, 0.717) is 19.3 Å². The molecule has 0 aliphatic rings. The van der Waals surface area contributed by atoms with Crippen LogP contribution in [0.15, 0.2) is 48.6 Å².